The normalized spacial score (nSPS) is 55.7. The zero-order valence-corrected chi connectivity index (χ0v) is 70.8. The van der Waals surface area contributed by atoms with Crippen molar-refractivity contribution in [1.82, 2.24) is 0 Å². The highest BCUT2D eigenvalue weighted by molar-refractivity contribution is 5.80. The smallest absolute Gasteiger partial charge is 0.317 e. The summed E-state index contributed by atoms with van der Waals surface area (Å²) in [4.78, 5) is 30.8. The van der Waals surface area contributed by atoms with E-state index in [4.69, 9.17) is 85.3 Å². The van der Waals surface area contributed by atoms with Gasteiger partial charge >= 0.3 is 5.97 Å². The molecule has 13 fully saturated rings. The van der Waals surface area contributed by atoms with Crippen LogP contribution in [0.1, 0.15) is 120 Å². The number of aliphatic hydroxyl groups excluding tert-OH is 24. The fourth-order valence-corrected chi connectivity index (χ4v) is 22.9. The molecule has 0 radical (unpaired) electrons. The number of carbonyl (C=O) groups excluding carboxylic acids is 2. The van der Waals surface area contributed by atoms with Crippen LogP contribution >= 0.6 is 0 Å². The Labute approximate surface area is 719 Å². The molecule has 14 rings (SSSR count). The molecule has 9 saturated heterocycles. The van der Waals surface area contributed by atoms with Crippen molar-refractivity contribution < 1.29 is 217 Å². The third kappa shape index (κ3) is 17.5. The average molecular weight is 1810 g/mol. The second kappa shape index (κ2) is 37.8. The Hall–Kier alpha value is -2.76. The fourth-order valence-electron chi connectivity index (χ4n) is 22.9. The quantitative estimate of drug-likeness (QED) is 0.0207. The number of esters is 1. The van der Waals surface area contributed by atoms with Gasteiger partial charge in [0.15, 0.2) is 56.4 Å². The molecule has 9 aliphatic heterocycles. The number of hydrogen-bond acceptors (Lipinski definition) is 44. The summed E-state index contributed by atoms with van der Waals surface area (Å²) in [5, 5.41) is 268. The van der Waals surface area contributed by atoms with E-state index in [-0.39, 0.29) is 25.2 Å². The second-order valence-electron chi connectivity index (χ2n) is 38.7. The lowest BCUT2D eigenvalue weighted by Gasteiger charge is -2.71. The zero-order valence-electron chi connectivity index (χ0n) is 70.8. The van der Waals surface area contributed by atoms with Crippen molar-refractivity contribution in [2.75, 3.05) is 39.6 Å². The molecule has 718 valence electrons. The van der Waals surface area contributed by atoms with E-state index in [9.17, 15) is 127 Å². The topological polar surface area (TPSA) is 686 Å². The maximum atomic E-state index is 16.4. The largest absolute Gasteiger partial charge is 0.432 e. The van der Waals surface area contributed by atoms with Crippen molar-refractivity contribution in [3.05, 3.63) is 11.6 Å². The Morgan fingerprint density at radius 1 is 0.392 bits per heavy atom. The number of hydrogen-bond donors (Lipinski definition) is 24. The molecule has 0 aromatic carbocycles. The Balaban J connectivity index is 0.755. The molecular formula is C81H130O44. The second-order valence-corrected chi connectivity index (χ2v) is 38.7. The highest BCUT2D eigenvalue weighted by Gasteiger charge is 2.74. The van der Waals surface area contributed by atoms with Crippen LogP contribution in [0.2, 0.25) is 0 Å². The predicted molar refractivity (Wildman–Crippen MR) is 405 cm³/mol. The van der Waals surface area contributed by atoms with Gasteiger partial charge < -0.3 is 213 Å². The number of aldehydes is 1. The van der Waals surface area contributed by atoms with Gasteiger partial charge in [-0.1, -0.05) is 53.2 Å². The van der Waals surface area contributed by atoms with Gasteiger partial charge in [-0.2, -0.15) is 0 Å². The molecule has 0 bridgehead atoms. The van der Waals surface area contributed by atoms with E-state index in [2.05, 4.69) is 26.8 Å². The van der Waals surface area contributed by atoms with E-state index in [0.29, 0.717) is 38.5 Å². The van der Waals surface area contributed by atoms with Gasteiger partial charge in [-0.3, -0.25) is 4.79 Å². The van der Waals surface area contributed by atoms with Gasteiger partial charge in [0.1, 0.15) is 189 Å². The van der Waals surface area contributed by atoms with Crippen LogP contribution in [-0.4, -0.2) is 445 Å². The molecule has 24 N–H and O–H groups in total. The molecule has 0 spiro atoms. The SMILES string of the molecule is CC1OC(OC2C(C)OC(OC(=O)C34CCC(C)(C)CC3C3=CCC5C6(C)CCC(OC7OC(CO)C(O)C(OC8OCC(O)C(O)C8O)C7OC7OC(CO)C(O)C(O)C7O)C(C)(C=O)C6CCC5(C)C3(C)CC4O)C(OC3OC(C)C(OC4OCC(O)C(OC5OCC(O)C(O)C5O)C4O)C(OC4OC(CO)C(O)C(O)C4O)C3O)C2O)C(O)C(O)C1O. The van der Waals surface area contributed by atoms with Crippen LogP contribution in [0, 0.1) is 50.2 Å². The van der Waals surface area contributed by atoms with Crippen molar-refractivity contribution in [3.8, 4) is 0 Å². The summed E-state index contributed by atoms with van der Waals surface area (Å²) < 4.78 is 110. The Bertz CT molecular complexity index is 3650. The number of allylic oxidation sites excluding steroid dienone is 2. The van der Waals surface area contributed by atoms with Gasteiger partial charge in [-0.25, -0.2) is 0 Å². The molecule has 125 heavy (non-hydrogen) atoms. The van der Waals surface area contributed by atoms with Crippen LogP contribution in [0.4, 0.5) is 0 Å². The summed E-state index contributed by atoms with van der Waals surface area (Å²) in [7, 11) is 0. The van der Waals surface area contributed by atoms with Crippen LogP contribution in [0.25, 0.3) is 0 Å². The molecule has 44 heteroatoms. The number of carbonyl (C=O) groups is 2. The van der Waals surface area contributed by atoms with Gasteiger partial charge in [-0.05, 0) is 118 Å². The molecule has 9 heterocycles. The van der Waals surface area contributed by atoms with E-state index < -0.39 is 360 Å². The van der Waals surface area contributed by atoms with Gasteiger partial charge in [0.2, 0.25) is 6.29 Å². The van der Waals surface area contributed by atoms with Crippen molar-refractivity contribution in [2.24, 2.45) is 50.2 Å². The van der Waals surface area contributed by atoms with Crippen molar-refractivity contribution >= 4 is 12.3 Å². The zero-order chi connectivity index (χ0) is 91.0. The number of ether oxygens (including phenoxy) is 18. The van der Waals surface area contributed by atoms with E-state index in [0.717, 1.165) is 11.9 Å². The van der Waals surface area contributed by atoms with Gasteiger partial charge in [0, 0.05) is 0 Å². The standard InChI is InChI=1S/C81H130O44/c1-27-42(90)48(96)53(101)69(111-27)118-59-28(2)113-73(64(56(59)104)123-72-58(106)63(122-70-54(102)49(97)45(93)35(20-82)114-70)60(29(3)112-72)119-68-57(105)61(34(88)25-110-68)120-66-51(99)43(91)32(86)23-108-66)125-75(107)81-17-16-76(4,5)18-31(81)30-10-11-39-77(6)14-13-41(78(7,26-85)38(77)12-15-79(39,8)80(30,9)19-40(81)89)117-74-65(124-71-55(103)50(98)46(94)36(21-83)115-71)62(47(95)37(22-84)116-74)121-67-52(100)44(92)33(87)24-109-67/h10,26-29,31-74,82-84,86-106H,11-25H2,1-9H3. The first-order valence-corrected chi connectivity index (χ1v) is 43.3. The summed E-state index contributed by atoms with van der Waals surface area (Å²) in [6.45, 7) is 11.8. The Kier molecular flexibility index (Phi) is 29.7. The molecule has 0 amide bonds. The van der Waals surface area contributed by atoms with Crippen molar-refractivity contribution in [2.45, 2.75) is 390 Å². The van der Waals surface area contributed by atoms with Gasteiger partial charge in [-0.15, -0.1) is 0 Å². The molecule has 0 aromatic heterocycles. The van der Waals surface area contributed by atoms with Crippen LogP contribution in [0.15, 0.2) is 11.6 Å². The lowest BCUT2D eigenvalue weighted by Crippen LogP contribution is -2.69. The van der Waals surface area contributed by atoms with Crippen LogP contribution in [-0.2, 0) is 94.9 Å². The first kappa shape index (κ1) is 98.2. The van der Waals surface area contributed by atoms with E-state index >= 15 is 4.79 Å². The molecule has 0 aromatic rings. The molecular weight excluding hydrogens is 1680 g/mol. The third-order valence-corrected chi connectivity index (χ3v) is 30.7. The maximum Gasteiger partial charge on any atom is 0.317 e. The fraction of sp³-hybridized carbons (Fsp3) is 0.951. The Morgan fingerprint density at radius 3 is 1.41 bits per heavy atom. The monoisotopic (exact) mass is 1810 g/mol. The summed E-state index contributed by atoms with van der Waals surface area (Å²) in [5.74, 6) is -2.58. The van der Waals surface area contributed by atoms with Crippen LogP contribution < -0.4 is 0 Å². The summed E-state index contributed by atoms with van der Waals surface area (Å²) in [6.07, 6.45) is -74.5. The number of rotatable bonds is 22. The van der Waals surface area contributed by atoms with Crippen molar-refractivity contribution in [1.29, 1.82) is 0 Å². The molecule has 4 saturated carbocycles. The van der Waals surface area contributed by atoms with Gasteiger partial charge in [0.05, 0.1) is 75.6 Å². The molecule has 44 nitrogen and oxygen atoms in total. The van der Waals surface area contributed by atoms with Crippen LogP contribution in [0.5, 0.6) is 0 Å². The average Bonchev–Trinajstić information content (AvgIpc) is 0.668. The molecule has 14 aliphatic rings. The summed E-state index contributed by atoms with van der Waals surface area (Å²) >= 11 is 0. The minimum absolute atomic E-state index is 0.0190. The first-order chi connectivity index (χ1) is 58.8. The van der Waals surface area contributed by atoms with Gasteiger partial charge in [0.25, 0.3) is 0 Å². The first-order valence-electron chi connectivity index (χ1n) is 43.3. The predicted octanol–water partition coefficient (Wildman–Crippen LogP) is -9.76. The minimum Gasteiger partial charge on any atom is -0.432 e. The maximum absolute atomic E-state index is 16.4. The molecule has 52 atom stereocenters. The summed E-state index contributed by atoms with van der Waals surface area (Å²) in [6, 6.07) is 0. The lowest BCUT2D eigenvalue weighted by atomic mass is 9.33. The summed E-state index contributed by atoms with van der Waals surface area (Å²) in [5.41, 5.74) is -5.29. The van der Waals surface area contributed by atoms with Crippen molar-refractivity contribution in [3.63, 3.8) is 0 Å². The molecule has 52 unspecified atom stereocenters. The number of aliphatic hydroxyl groups is 24. The van der Waals surface area contributed by atoms with E-state index in [1.807, 2.05) is 13.8 Å². The van der Waals surface area contributed by atoms with E-state index in [1.54, 1.807) is 6.92 Å². The van der Waals surface area contributed by atoms with E-state index in [1.165, 1.54) is 20.8 Å². The minimum atomic E-state index is -2.30. The third-order valence-electron chi connectivity index (χ3n) is 30.7. The van der Waals surface area contributed by atoms with Crippen LogP contribution in [0.3, 0.4) is 0 Å². The molecule has 5 aliphatic carbocycles. The number of fused-ring (bicyclic) bond motifs is 7. The lowest BCUT2D eigenvalue weighted by molar-refractivity contribution is -0.402. The highest BCUT2D eigenvalue weighted by atomic mass is 16.8. The Morgan fingerprint density at radius 2 is 0.832 bits per heavy atom. The highest BCUT2D eigenvalue weighted by Crippen LogP contribution is 2.76.